The molecule has 0 heterocycles. The highest BCUT2D eigenvalue weighted by Gasteiger charge is 2.38. The molecule has 0 bridgehead atoms. The van der Waals surface area contributed by atoms with Gasteiger partial charge in [-0.2, -0.15) is 0 Å². The Kier molecular flexibility index (Phi) is 19.7. The number of nitrogens with one attached hydrogen (secondary N) is 3. The van der Waals surface area contributed by atoms with Gasteiger partial charge in [-0.3, -0.25) is 28.9 Å². The number of halogens is 1. The smallest absolute Gasteiger partial charge is 0.243 e. The molecule has 0 aliphatic heterocycles. The summed E-state index contributed by atoms with van der Waals surface area (Å²) in [6.07, 6.45) is 5.65. The minimum atomic E-state index is -1.08. The molecule has 1 aliphatic carbocycles. The Hall–Kier alpha value is -2.84. The summed E-state index contributed by atoms with van der Waals surface area (Å²) < 4.78 is 13.8. The summed E-state index contributed by atoms with van der Waals surface area (Å²) in [5.41, 5.74) is 11.1. The van der Waals surface area contributed by atoms with E-state index >= 15 is 0 Å². The third-order valence-electron chi connectivity index (χ3n) is 9.17. The lowest BCUT2D eigenvalue weighted by atomic mass is 9.83. The molecule has 47 heavy (non-hydrogen) atoms. The van der Waals surface area contributed by atoms with E-state index < -0.39 is 60.6 Å². The van der Waals surface area contributed by atoms with E-state index in [1.165, 1.54) is 11.8 Å². The number of unbranched alkanes of at least 4 members (excludes halogenated alkanes) is 1. The van der Waals surface area contributed by atoms with E-state index in [9.17, 15) is 33.5 Å². The van der Waals surface area contributed by atoms with Crippen LogP contribution in [0.15, 0.2) is 0 Å². The third kappa shape index (κ3) is 14.0. The summed E-state index contributed by atoms with van der Waals surface area (Å²) in [6.45, 7) is 8.41. The summed E-state index contributed by atoms with van der Waals surface area (Å²) in [5, 5.41) is 18.0. The van der Waals surface area contributed by atoms with Crippen LogP contribution in [0.25, 0.3) is 0 Å². The van der Waals surface area contributed by atoms with Gasteiger partial charge in [0, 0.05) is 33.2 Å². The summed E-state index contributed by atoms with van der Waals surface area (Å²) in [7, 11) is 1.56. The number of rotatable bonds is 22. The number of primary amides is 1. The lowest BCUT2D eigenvalue weighted by Gasteiger charge is -2.37. The second kappa shape index (κ2) is 21.9. The molecule has 0 aromatic carbocycles. The molecule has 14 heteroatoms. The van der Waals surface area contributed by atoms with Gasteiger partial charge in [0.05, 0.1) is 18.1 Å². The first-order valence-corrected chi connectivity index (χ1v) is 17.3. The van der Waals surface area contributed by atoms with Crippen LogP contribution < -0.4 is 27.4 Å². The quantitative estimate of drug-likeness (QED) is 0.0971. The Bertz CT molecular complexity index is 995. The molecule has 1 saturated carbocycles. The molecule has 0 aromatic rings. The van der Waals surface area contributed by atoms with E-state index in [4.69, 9.17) is 11.5 Å². The van der Waals surface area contributed by atoms with E-state index in [0.29, 0.717) is 19.3 Å². The molecule has 0 radical (unpaired) electrons. The van der Waals surface area contributed by atoms with Crippen molar-refractivity contribution in [2.24, 2.45) is 29.2 Å². The van der Waals surface area contributed by atoms with E-state index in [1.807, 2.05) is 20.8 Å². The number of hydrogen-bond acceptors (Lipinski definition) is 8. The zero-order valence-corrected chi connectivity index (χ0v) is 29.4. The highest BCUT2D eigenvalue weighted by atomic mass is 19.1. The van der Waals surface area contributed by atoms with Gasteiger partial charge < -0.3 is 37.4 Å². The van der Waals surface area contributed by atoms with Gasteiger partial charge in [0.1, 0.15) is 24.8 Å². The lowest BCUT2D eigenvalue weighted by Crippen LogP contribution is -2.61. The fraction of sp³-hybridized carbons (Fsp3) is 0.848. The largest absolute Gasteiger partial charge is 0.393 e. The molecular weight excluding hydrogens is 609 g/mol. The Morgan fingerprint density at radius 1 is 0.936 bits per heavy atom. The SMILES string of the molecule is CCCC[C@@H](C(=O)N(C)[C@@H](CC(C)C)C(=O)N[C@H](C(=O)N[C@@H](CN)C(N)=O)C1CCCCC1)N(CCF)CCNC(=O)[C@@H](C)[C@H](C)O. The first kappa shape index (κ1) is 42.2. The van der Waals surface area contributed by atoms with Crippen LogP contribution in [0, 0.1) is 17.8 Å². The van der Waals surface area contributed by atoms with Crippen LogP contribution >= 0.6 is 0 Å². The van der Waals surface area contributed by atoms with Gasteiger partial charge in [-0.25, -0.2) is 4.39 Å². The molecule has 8 N–H and O–H groups in total. The summed E-state index contributed by atoms with van der Waals surface area (Å²) in [5.74, 6) is -3.27. The molecule has 272 valence electrons. The number of carbonyl (C=O) groups is 5. The van der Waals surface area contributed by atoms with Gasteiger partial charge in [-0.05, 0) is 44.4 Å². The Labute approximate surface area is 280 Å². The maximum absolute atomic E-state index is 14.2. The normalized spacial score (nSPS) is 17.7. The molecule has 1 aliphatic rings. The van der Waals surface area contributed by atoms with Gasteiger partial charge in [-0.15, -0.1) is 0 Å². The summed E-state index contributed by atoms with van der Waals surface area (Å²) >= 11 is 0. The zero-order chi connectivity index (χ0) is 35.7. The predicted molar refractivity (Wildman–Crippen MR) is 179 cm³/mol. The molecule has 0 unspecified atom stereocenters. The molecule has 6 atom stereocenters. The number of amides is 5. The second-order valence-electron chi connectivity index (χ2n) is 13.4. The van der Waals surface area contributed by atoms with Gasteiger partial charge in [0.15, 0.2) is 0 Å². The predicted octanol–water partition coefficient (Wildman–Crippen LogP) is 0.817. The van der Waals surface area contributed by atoms with Crippen LogP contribution in [0.3, 0.4) is 0 Å². The molecule has 0 saturated heterocycles. The average Bonchev–Trinajstić information content (AvgIpc) is 3.03. The minimum absolute atomic E-state index is 0.0154. The van der Waals surface area contributed by atoms with Crippen molar-refractivity contribution in [2.75, 3.05) is 39.9 Å². The Morgan fingerprint density at radius 3 is 2.09 bits per heavy atom. The lowest BCUT2D eigenvalue weighted by molar-refractivity contribution is -0.145. The van der Waals surface area contributed by atoms with Gasteiger partial charge in [-0.1, -0.05) is 59.8 Å². The van der Waals surface area contributed by atoms with E-state index in [-0.39, 0.29) is 49.8 Å². The van der Waals surface area contributed by atoms with Crippen LogP contribution in [-0.2, 0) is 24.0 Å². The molecule has 1 fully saturated rings. The highest BCUT2D eigenvalue weighted by molar-refractivity contribution is 5.94. The molecule has 1 rings (SSSR count). The molecule has 5 amide bonds. The first-order chi connectivity index (χ1) is 22.2. The van der Waals surface area contributed by atoms with E-state index in [0.717, 1.165) is 38.5 Å². The number of alkyl halides is 1. The monoisotopic (exact) mass is 671 g/mol. The number of likely N-dealkylation sites (N-methyl/N-ethyl adjacent to an activating group) is 1. The fourth-order valence-corrected chi connectivity index (χ4v) is 5.99. The number of aliphatic hydroxyl groups excluding tert-OH is 1. The van der Waals surface area contributed by atoms with Crippen molar-refractivity contribution in [3.05, 3.63) is 0 Å². The average molecular weight is 672 g/mol. The van der Waals surface area contributed by atoms with Crippen LogP contribution in [0.1, 0.15) is 92.4 Å². The molecule has 0 aromatic heterocycles. The van der Waals surface area contributed by atoms with Crippen molar-refractivity contribution < 1.29 is 33.5 Å². The van der Waals surface area contributed by atoms with Crippen molar-refractivity contribution in [3.8, 4) is 0 Å². The van der Waals surface area contributed by atoms with Crippen LogP contribution in [-0.4, -0.2) is 115 Å². The van der Waals surface area contributed by atoms with Gasteiger partial charge in [0.25, 0.3) is 0 Å². The minimum Gasteiger partial charge on any atom is -0.393 e. The standard InChI is InChI=1S/C33H62FN7O6/c1-7-8-14-26(41(17-15-34)18-16-37-30(44)22(4)23(5)42)33(47)40(6)27(19-21(2)3)31(45)39-28(24-12-10-9-11-13-24)32(46)38-25(20-35)29(36)43/h21-28,42H,7-20,35H2,1-6H3,(H2,36,43)(H,37,44)(H,38,46)(H,39,45)/t22-,23-,25-,26-,27-,28-/m0/s1. The van der Waals surface area contributed by atoms with E-state index in [2.05, 4.69) is 16.0 Å². The highest BCUT2D eigenvalue weighted by Crippen LogP contribution is 2.27. The van der Waals surface area contributed by atoms with Crippen molar-refractivity contribution in [1.82, 2.24) is 25.8 Å². The Morgan fingerprint density at radius 2 is 1.57 bits per heavy atom. The molecular formula is C33H62FN7O6. The van der Waals surface area contributed by atoms with Crippen LogP contribution in [0.2, 0.25) is 0 Å². The van der Waals surface area contributed by atoms with E-state index in [1.54, 1.807) is 18.9 Å². The second-order valence-corrected chi connectivity index (χ2v) is 13.4. The summed E-state index contributed by atoms with van der Waals surface area (Å²) in [4.78, 5) is 69.0. The van der Waals surface area contributed by atoms with Crippen molar-refractivity contribution in [1.29, 1.82) is 0 Å². The number of nitrogens with zero attached hydrogens (tertiary/aromatic N) is 2. The van der Waals surface area contributed by atoms with Crippen molar-refractivity contribution in [2.45, 2.75) is 123 Å². The maximum Gasteiger partial charge on any atom is 0.243 e. The van der Waals surface area contributed by atoms with Crippen LogP contribution in [0.5, 0.6) is 0 Å². The van der Waals surface area contributed by atoms with Gasteiger partial charge in [0.2, 0.25) is 29.5 Å². The van der Waals surface area contributed by atoms with Crippen molar-refractivity contribution in [3.63, 3.8) is 0 Å². The number of hydrogen-bond donors (Lipinski definition) is 6. The summed E-state index contributed by atoms with van der Waals surface area (Å²) in [6, 6.07) is -3.70. The Balaban J connectivity index is 3.30. The number of nitrogens with two attached hydrogens (primary N) is 2. The third-order valence-corrected chi connectivity index (χ3v) is 9.17. The first-order valence-electron chi connectivity index (χ1n) is 17.3. The number of aliphatic hydroxyl groups is 1. The zero-order valence-electron chi connectivity index (χ0n) is 29.4. The topological polar surface area (TPSA) is 200 Å². The molecule has 0 spiro atoms. The van der Waals surface area contributed by atoms with Crippen LogP contribution in [0.4, 0.5) is 4.39 Å². The van der Waals surface area contributed by atoms with Crippen molar-refractivity contribution >= 4 is 29.5 Å². The van der Waals surface area contributed by atoms with Gasteiger partial charge >= 0.3 is 0 Å². The number of carbonyl (C=O) groups excluding carboxylic acids is 5. The maximum atomic E-state index is 14.2. The molecule has 13 nitrogen and oxygen atoms in total. The fourth-order valence-electron chi connectivity index (χ4n) is 5.99.